The Morgan fingerprint density at radius 3 is 2.12 bits per heavy atom. The van der Waals surface area contributed by atoms with Crippen molar-refractivity contribution in [3.8, 4) is 0 Å². The van der Waals surface area contributed by atoms with Gasteiger partial charge in [0.25, 0.3) is 5.91 Å². The first-order chi connectivity index (χ1) is 11.8. The molecule has 2 N–H and O–H groups in total. The van der Waals surface area contributed by atoms with Crippen LogP contribution in [0.25, 0.3) is 0 Å². The van der Waals surface area contributed by atoms with Gasteiger partial charge in [-0.05, 0) is 41.5 Å². The number of rotatable bonds is 6. The molecule has 2 rings (SSSR count). The fraction of sp³-hybridized carbons (Fsp3) is 0.333. The topological polar surface area (TPSA) is 66.4 Å². The van der Waals surface area contributed by atoms with Crippen LogP contribution in [0.1, 0.15) is 48.7 Å². The van der Waals surface area contributed by atoms with E-state index in [0.717, 1.165) is 11.1 Å². The number of hydrogen-bond donors (Lipinski definition) is 2. The first-order valence-electron chi connectivity index (χ1n) is 8.45. The molecule has 0 spiro atoms. The molecule has 132 valence electrons. The van der Waals surface area contributed by atoms with Gasteiger partial charge in [0, 0.05) is 5.56 Å². The molecule has 4 nitrogen and oxygen atoms in total. The lowest BCUT2D eigenvalue weighted by molar-refractivity contribution is -0.139. The number of amides is 1. The maximum Gasteiger partial charge on any atom is 0.326 e. The number of carboxylic acid groups (broad SMARTS) is 1. The minimum Gasteiger partial charge on any atom is -0.480 e. The highest BCUT2D eigenvalue weighted by Gasteiger charge is 2.21. The van der Waals surface area contributed by atoms with E-state index in [0.29, 0.717) is 18.4 Å². The Morgan fingerprint density at radius 2 is 1.60 bits per heavy atom. The SMILES string of the molecule is CC(C)(C)c1ccc(C(=O)N[C@@H](CCc2ccccc2)C(=O)O)cc1. The molecule has 0 bridgehead atoms. The zero-order valence-corrected chi connectivity index (χ0v) is 15.0. The van der Waals surface area contributed by atoms with Gasteiger partial charge < -0.3 is 10.4 Å². The van der Waals surface area contributed by atoms with Crippen molar-refractivity contribution in [2.24, 2.45) is 0 Å². The minimum absolute atomic E-state index is 0.00822. The van der Waals surface area contributed by atoms with Crippen molar-refractivity contribution in [1.82, 2.24) is 5.32 Å². The Balaban J connectivity index is 2.01. The zero-order chi connectivity index (χ0) is 18.4. The molecular formula is C21H25NO3. The fourth-order valence-electron chi connectivity index (χ4n) is 2.58. The van der Waals surface area contributed by atoms with Crippen LogP contribution in [0.15, 0.2) is 54.6 Å². The number of carbonyl (C=O) groups is 2. The van der Waals surface area contributed by atoms with Crippen LogP contribution >= 0.6 is 0 Å². The van der Waals surface area contributed by atoms with E-state index >= 15 is 0 Å². The molecule has 0 aliphatic rings. The van der Waals surface area contributed by atoms with Crippen molar-refractivity contribution in [3.05, 3.63) is 71.3 Å². The van der Waals surface area contributed by atoms with Crippen LogP contribution < -0.4 is 5.32 Å². The normalized spacial score (nSPS) is 12.4. The van der Waals surface area contributed by atoms with Gasteiger partial charge in [-0.25, -0.2) is 4.79 Å². The molecule has 0 unspecified atom stereocenters. The van der Waals surface area contributed by atoms with Crippen LogP contribution in [0.4, 0.5) is 0 Å². The lowest BCUT2D eigenvalue weighted by Gasteiger charge is -2.19. The number of hydrogen-bond acceptors (Lipinski definition) is 2. The van der Waals surface area contributed by atoms with Gasteiger partial charge in [-0.2, -0.15) is 0 Å². The van der Waals surface area contributed by atoms with Gasteiger partial charge in [-0.1, -0.05) is 63.2 Å². The summed E-state index contributed by atoms with van der Waals surface area (Å²) in [5, 5.41) is 12.0. The zero-order valence-electron chi connectivity index (χ0n) is 15.0. The summed E-state index contributed by atoms with van der Waals surface area (Å²) >= 11 is 0. The summed E-state index contributed by atoms with van der Waals surface area (Å²) in [6.07, 6.45) is 0.951. The summed E-state index contributed by atoms with van der Waals surface area (Å²) in [5.74, 6) is -1.38. The summed E-state index contributed by atoms with van der Waals surface area (Å²) in [4.78, 5) is 23.8. The maximum absolute atomic E-state index is 12.4. The van der Waals surface area contributed by atoms with Gasteiger partial charge >= 0.3 is 5.97 Å². The molecule has 0 heterocycles. The number of nitrogens with one attached hydrogen (secondary N) is 1. The van der Waals surface area contributed by atoms with E-state index in [1.165, 1.54) is 0 Å². The van der Waals surface area contributed by atoms with Crippen molar-refractivity contribution in [2.45, 2.75) is 45.1 Å². The third-order valence-electron chi connectivity index (χ3n) is 4.18. The Labute approximate surface area is 148 Å². The van der Waals surface area contributed by atoms with Crippen LogP contribution in [0.2, 0.25) is 0 Å². The second-order valence-corrected chi connectivity index (χ2v) is 7.22. The molecule has 1 amide bonds. The Hall–Kier alpha value is -2.62. The second-order valence-electron chi connectivity index (χ2n) is 7.22. The quantitative estimate of drug-likeness (QED) is 0.841. The van der Waals surface area contributed by atoms with E-state index in [1.807, 2.05) is 42.5 Å². The van der Waals surface area contributed by atoms with Crippen molar-refractivity contribution >= 4 is 11.9 Å². The maximum atomic E-state index is 12.4. The molecule has 25 heavy (non-hydrogen) atoms. The van der Waals surface area contributed by atoms with Crippen molar-refractivity contribution < 1.29 is 14.7 Å². The van der Waals surface area contributed by atoms with E-state index < -0.39 is 12.0 Å². The van der Waals surface area contributed by atoms with E-state index in [-0.39, 0.29) is 11.3 Å². The van der Waals surface area contributed by atoms with E-state index in [1.54, 1.807) is 12.1 Å². The van der Waals surface area contributed by atoms with Gasteiger partial charge in [0.05, 0.1) is 0 Å². The highest BCUT2D eigenvalue weighted by atomic mass is 16.4. The molecule has 4 heteroatoms. The van der Waals surface area contributed by atoms with Gasteiger partial charge in [0.1, 0.15) is 6.04 Å². The molecule has 0 radical (unpaired) electrons. The van der Waals surface area contributed by atoms with Gasteiger partial charge in [-0.15, -0.1) is 0 Å². The first kappa shape index (κ1) is 18.7. The molecule has 2 aromatic carbocycles. The summed E-state index contributed by atoms with van der Waals surface area (Å²) in [6, 6.07) is 16.1. The summed E-state index contributed by atoms with van der Waals surface area (Å²) in [5.41, 5.74) is 2.66. The second kappa shape index (κ2) is 7.97. The summed E-state index contributed by atoms with van der Waals surface area (Å²) in [6.45, 7) is 6.31. The van der Waals surface area contributed by atoms with Gasteiger partial charge in [0.15, 0.2) is 0 Å². The number of carbonyl (C=O) groups excluding carboxylic acids is 1. The lowest BCUT2D eigenvalue weighted by Crippen LogP contribution is -2.41. The minimum atomic E-state index is -1.02. The predicted molar refractivity (Wildman–Crippen MR) is 98.8 cm³/mol. The Morgan fingerprint density at radius 1 is 1.00 bits per heavy atom. The number of benzene rings is 2. The smallest absolute Gasteiger partial charge is 0.326 e. The van der Waals surface area contributed by atoms with E-state index in [4.69, 9.17) is 0 Å². The van der Waals surface area contributed by atoms with Gasteiger partial charge in [-0.3, -0.25) is 4.79 Å². The Kier molecular flexibility index (Phi) is 5.97. The average Bonchev–Trinajstić information content (AvgIpc) is 2.58. The standard InChI is InChI=1S/C21H25NO3/c1-21(2,3)17-12-10-16(11-13-17)19(23)22-18(20(24)25)14-9-15-7-5-4-6-8-15/h4-8,10-13,18H,9,14H2,1-3H3,(H,22,23)(H,24,25)/t18-/m0/s1. The first-order valence-corrected chi connectivity index (χ1v) is 8.45. The lowest BCUT2D eigenvalue weighted by atomic mass is 9.86. The van der Waals surface area contributed by atoms with Crippen LogP contribution in [0.5, 0.6) is 0 Å². The van der Waals surface area contributed by atoms with Crippen LogP contribution in [-0.2, 0) is 16.6 Å². The highest BCUT2D eigenvalue weighted by Crippen LogP contribution is 2.22. The molecule has 0 fully saturated rings. The fourth-order valence-corrected chi connectivity index (χ4v) is 2.58. The number of carboxylic acids is 1. The average molecular weight is 339 g/mol. The molecule has 2 aromatic rings. The van der Waals surface area contributed by atoms with Crippen LogP contribution in [-0.4, -0.2) is 23.0 Å². The molecule has 0 saturated carbocycles. The predicted octanol–water partition coefficient (Wildman–Crippen LogP) is 3.80. The van der Waals surface area contributed by atoms with Crippen molar-refractivity contribution in [2.75, 3.05) is 0 Å². The Bertz CT molecular complexity index is 715. The number of aryl methyl sites for hydroxylation is 1. The molecule has 1 atom stereocenters. The molecule has 0 aliphatic heterocycles. The summed E-state index contributed by atoms with van der Waals surface area (Å²) < 4.78 is 0. The molecular weight excluding hydrogens is 314 g/mol. The van der Waals surface area contributed by atoms with E-state index in [2.05, 4.69) is 26.1 Å². The largest absolute Gasteiger partial charge is 0.480 e. The van der Waals surface area contributed by atoms with Crippen LogP contribution in [0.3, 0.4) is 0 Å². The van der Waals surface area contributed by atoms with Crippen molar-refractivity contribution in [1.29, 1.82) is 0 Å². The van der Waals surface area contributed by atoms with E-state index in [9.17, 15) is 14.7 Å². The highest BCUT2D eigenvalue weighted by molar-refractivity contribution is 5.96. The number of aliphatic carboxylic acids is 1. The molecule has 0 aliphatic carbocycles. The van der Waals surface area contributed by atoms with Gasteiger partial charge in [0.2, 0.25) is 0 Å². The summed E-state index contributed by atoms with van der Waals surface area (Å²) in [7, 11) is 0. The molecule has 0 aromatic heterocycles. The van der Waals surface area contributed by atoms with Crippen LogP contribution in [0, 0.1) is 0 Å². The van der Waals surface area contributed by atoms with Crippen molar-refractivity contribution in [3.63, 3.8) is 0 Å². The third-order valence-corrected chi connectivity index (χ3v) is 4.18. The third kappa shape index (κ3) is 5.45. The monoisotopic (exact) mass is 339 g/mol. The molecule has 0 saturated heterocycles.